The number of rotatable bonds is 2. The summed E-state index contributed by atoms with van der Waals surface area (Å²) in [5, 5.41) is 12.1. The zero-order valence-electron chi connectivity index (χ0n) is 7.11. The first-order chi connectivity index (χ1) is 5.65. The van der Waals surface area contributed by atoms with Crippen LogP contribution in [0.5, 0.6) is 5.75 Å². The van der Waals surface area contributed by atoms with E-state index in [1.54, 1.807) is 32.0 Å². The zero-order chi connectivity index (χ0) is 9.14. The summed E-state index contributed by atoms with van der Waals surface area (Å²) >= 11 is 0. The Balaban J connectivity index is 3.04. The Morgan fingerprint density at radius 3 is 2.67 bits per heavy atom. The van der Waals surface area contributed by atoms with E-state index >= 15 is 0 Å². The van der Waals surface area contributed by atoms with E-state index in [9.17, 15) is 10.0 Å². The zero-order valence-corrected chi connectivity index (χ0v) is 7.11. The molecule has 0 saturated carbocycles. The van der Waals surface area contributed by atoms with Crippen molar-refractivity contribution in [2.45, 2.75) is 19.9 Å². The molecular weight excluding hydrogens is 154 g/mol. The Morgan fingerprint density at radius 1 is 1.50 bits per heavy atom. The van der Waals surface area contributed by atoms with Crippen molar-refractivity contribution < 1.29 is 5.11 Å². The molecule has 0 spiro atoms. The number of aromatic hydroxyl groups is 1. The molecule has 3 heteroatoms. The van der Waals surface area contributed by atoms with E-state index in [0.29, 0.717) is 0 Å². The topological polar surface area (TPSA) is 49.7 Å². The molecule has 0 bridgehead atoms. The van der Waals surface area contributed by atoms with Gasteiger partial charge in [-0.1, -0.05) is 17.3 Å². The lowest BCUT2D eigenvalue weighted by Crippen LogP contribution is -1.88. The molecule has 0 aliphatic heterocycles. The van der Waals surface area contributed by atoms with Crippen LogP contribution in [0.4, 0.5) is 0 Å². The van der Waals surface area contributed by atoms with Crippen LogP contribution in [-0.4, -0.2) is 5.11 Å². The number of nitrogens with zero attached hydrogens (tertiary/aromatic N) is 1. The molecule has 0 heterocycles. The van der Waals surface area contributed by atoms with Crippen molar-refractivity contribution in [3.05, 3.63) is 34.2 Å². The van der Waals surface area contributed by atoms with Gasteiger partial charge in [-0.3, -0.25) is 0 Å². The van der Waals surface area contributed by atoms with Crippen LogP contribution >= 0.6 is 0 Å². The van der Waals surface area contributed by atoms with Crippen molar-refractivity contribution in [3.63, 3.8) is 0 Å². The molecular formula is C9H11NO2. The van der Waals surface area contributed by atoms with Gasteiger partial charge in [-0.25, -0.2) is 0 Å². The highest BCUT2D eigenvalue weighted by Crippen LogP contribution is 2.22. The number of hydrogen-bond donors (Lipinski definition) is 1. The Morgan fingerprint density at radius 2 is 2.17 bits per heavy atom. The lowest BCUT2D eigenvalue weighted by atomic mass is 10.1. The lowest BCUT2D eigenvalue weighted by Gasteiger charge is -2.04. The molecule has 0 amide bonds. The van der Waals surface area contributed by atoms with Gasteiger partial charge < -0.3 is 5.11 Å². The second-order valence-electron chi connectivity index (χ2n) is 2.83. The van der Waals surface area contributed by atoms with E-state index in [1.807, 2.05) is 0 Å². The second-order valence-corrected chi connectivity index (χ2v) is 2.83. The third kappa shape index (κ3) is 1.61. The van der Waals surface area contributed by atoms with E-state index in [1.165, 1.54) is 0 Å². The molecule has 0 aromatic heterocycles. The normalized spacial score (nSPS) is 12.5. The van der Waals surface area contributed by atoms with Gasteiger partial charge in [-0.2, -0.15) is 4.91 Å². The minimum atomic E-state index is -0.343. The number of benzene rings is 1. The van der Waals surface area contributed by atoms with Crippen molar-refractivity contribution in [1.82, 2.24) is 0 Å². The van der Waals surface area contributed by atoms with Gasteiger partial charge in [0.2, 0.25) is 0 Å². The van der Waals surface area contributed by atoms with Gasteiger partial charge >= 0.3 is 0 Å². The van der Waals surface area contributed by atoms with Crippen molar-refractivity contribution in [2.24, 2.45) is 5.18 Å². The monoisotopic (exact) mass is 165 g/mol. The molecule has 1 atom stereocenters. The van der Waals surface area contributed by atoms with E-state index in [-0.39, 0.29) is 11.8 Å². The average molecular weight is 165 g/mol. The van der Waals surface area contributed by atoms with Gasteiger partial charge in [-0.15, -0.1) is 0 Å². The number of phenolic OH excluding ortho intramolecular Hbond substituents is 1. The fraction of sp³-hybridized carbons (Fsp3) is 0.333. The first-order valence-electron chi connectivity index (χ1n) is 3.77. The molecule has 3 nitrogen and oxygen atoms in total. The quantitative estimate of drug-likeness (QED) is 0.684. The van der Waals surface area contributed by atoms with Crippen LogP contribution in [-0.2, 0) is 0 Å². The van der Waals surface area contributed by atoms with E-state index in [4.69, 9.17) is 0 Å². The smallest absolute Gasteiger partial charge is 0.118 e. The van der Waals surface area contributed by atoms with E-state index < -0.39 is 0 Å². The summed E-state index contributed by atoms with van der Waals surface area (Å²) in [6, 6.07) is 4.70. The Kier molecular flexibility index (Phi) is 2.43. The van der Waals surface area contributed by atoms with Crippen molar-refractivity contribution >= 4 is 0 Å². The highest BCUT2D eigenvalue weighted by atomic mass is 16.3. The minimum absolute atomic E-state index is 0.247. The highest BCUT2D eigenvalue weighted by molar-refractivity contribution is 5.36. The Labute approximate surface area is 71.0 Å². The highest BCUT2D eigenvalue weighted by Gasteiger charge is 2.05. The third-order valence-electron chi connectivity index (χ3n) is 1.86. The van der Waals surface area contributed by atoms with Crippen LogP contribution in [0.1, 0.15) is 24.1 Å². The van der Waals surface area contributed by atoms with Crippen LogP contribution in [0.15, 0.2) is 23.4 Å². The lowest BCUT2D eigenvalue weighted by molar-refractivity contribution is 0.470. The van der Waals surface area contributed by atoms with Gasteiger partial charge in [0, 0.05) is 0 Å². The molecule has 12 heavy (non-hydrogen) atoms. The molecule has 1 aromatic rings. The van der Waals surface area contributed by atoms with Gasteiger partial charge in [-0.05, 0) is 31.0 Å². The first-order valence-corrected chi connectivity index (χ1v) is 3.77. The largest absolute Gasteiger partial charge is 0.508 e. The number of aryl methyl sites for hydroxylation is 1. The predicted octanol–water partition coefficient (Wildman–Crippen LogP) is 2.53. The molecule has 1 unspecified atom stereocenters. The summed E-state index contributed by atoms with van der Waals surface area (Å²) in [5.41, 5.74) is 1.60. The van der Waals surface area contributed by atoms with Gasteiger partial charge in [0.1, 0.15) is 11.8 Å². The van der Waals surface area contributed by atoms with Crippen LogP contribution in [0.3, 0.4) is 0 Å². The van der Waals surface area contributed by atoms with Gasteiger partial charge in [0.25, 0.3) is 0 Å². The SMILES string of the molecule is Cc1cc(C(C)N=O)ccc1O. The van der Waals surface area contributed by atoms with Crippen molar-refractivity contribution in [3.8, 4) is 5.75 Å². The maximum Gasteiger partial charge on any atom is 0.118 e. The van der Waals surface area contributed by atoms with Gasteiger partial charge in [0.15, 0.2) is 0 Å². The average Bonchev–Trinajstić information content (AvgIpc) is 2.08. The first kappa shape index (κ1) is 8.71. The molecule has 0 fully saturated rings. The van der Waals surface area contributed by atoms with Gasteiger partial charge in [0.05, 0.1) is 0 Å². The summed E-state index contributed by atoms with van der Waals surface area (Å²) in [6.07, 6.45) is 0. The maximum absolute atomic E-state index is 10.2. The number of nitroso groups, excluding NO2 is 1. The minimum Gasteiger partial charge on any atom is -0.508 e. The summed E-state index contributed by atoms with van der Waals surface area (Å²) in [6.45, 7) is 3.51. The van der Waals surface area contributed by atoms with Crippen LogP contribution < -0.4 is 0 Å². The fourth-order valence-electron chi connectivity index (χ4n) is 0.999. The molecule has 64 valence electrons. The predicted molar refractivity (Wildman–Crippen MR) is 47.1 cm³/mol. The molecule has 1 rings (SSSR count). The molecule has 0 aliphatic rings. The Hall–Kier alpha value is -1.38. The number of phenols is 1. The fourth-order valence-corrected chi connectivity index (χ4v) is 0.999. The standard InChI is InChI=1S/C9H11NO2/c1-6-5-8(7(2)10-12)3-4-9(6)11/h3-5,7,11H,1-2H3. The van der Waals surface area contributed by atoms with E-state index in [2.05, 4.69) is 5.18 Å². The number of hydrogen-bond acceptors (Lipinski definition) is 3. The molecule has 0 saturated heterocycles. The van der Waals surface area contributed by atoms with Crippen molar-refractivity contribution in [2.75, 3.05) is 0 Å². The molecule has 0 aliphatic carbocycles. The van der Waals surface area contributed by atoms with Crippen LogP contribution in [0.25, 0.3) is 0 Å². The summed E-state index contributed by atoms with van der Waals surface area (Å²) < 4.78 is 0. The summed E-state index contributed by atoms with van der Waals surface area (Å²) in [5.74, 6) is 0.247. The van der Waals surface area contributed by atoms with Crippen LogP contribution in [0, 0.1) is 11.8 Å². The Bertz CT molecular complexity index is 297. The molecule has 1 N–H and O–H groups in total. The summed E-state index contributed by atoms with van der Waals surface area (Å²) in [4.78, 5) is 10.2. The second kappa shape index (κ2) is 3.34. The van der Waals surface area contributed by atoms with E-state index in [0.717, 1.165) is 11.1 Å². The molecule has 1 aromatic carbocycles. The molecule has 0 radical (unpaired) electrons. The summed E-state index contributed by atoms with van der Waals surface area (Å²) in [7, 11) is 0. The maximum atomic E-state index is 10.2. The van der Waals surface area contributed by atoms with Crippen LogP contribution in [0.2, 0.25) is 0 Å². The van der Waals surface area contributed by atoms with Crippen molar-refractivity contribution in [1.29, 1.82) is 0 Å². The third-order valence-corrected chi connectivity index (χ3v) is 1.86.